The first-order valence-electron chi connectivity index (χ1n) is 6.65. The molecular formula is C16H20O3. The quantitative estimate of drug-likeness (QED) is 0.604. The molecule has 102 valence electrons. The van der Waals surface area contributed by atoms with Crippen molar-refractivity contribution >= 4 is 5.97 Å². The summed E-state index contributed by atoms with van der Waals surface area (Å²) >= 11 is 0. The van der Waals surface area contributed by atoms with Crippen molar-refractivity contribution in [1.82, 2.24) is 0 Å². The van der Waals surface area contributed by atoms with Crippen LogP contribution in [-0.4, -0.2) is 19.2 Å². The Labute approximate surface area is 114 Å². The summed E-state index contributed by atoms with van der Waals surface area (Å²) in [6, 6.07) is 0. The lowest BCUT2D eigenvalue weighted by Crippen LogP contribution is -2.13. The molecule has 0 fully saturated rings. The molecule has 0 radical (unpaired) electrons. The molecule has 1 aromatic rings. The Hall–Kier alpha value is -1.77. The van der Waals surface area contributed by atoms with Crippen molar-refractivity contribution in [1.29, 1.82) is 0 Å². The van der Waals surface area contributed by atoms with Gasteiger partial charge in [-0.15, -0.1) is 0 Å². The molecule has 0 aliphatic carbocycles. The van der Waals surface area contributed by atoms with E-state index in [0.717, 1.165) is 23.1 Å². The zero-order chi connectivity index (χ0) is 14.0. The summed E-state index contributed by atoms with van der Waals surface area (Å²) in [6.45, 7) is 8.77. The summed E-state index contributed by atoms with van der Waals surface area (Å²) in [5.41, 5.74) is 4.98. The number of esters is 1. The predicted molar refractivity (Wildman–Crippen MR) is 74.9 cm³/mol. The van der Waals surface area contributed by atoms with Gasteiger partial charge < -0.3 is 9.47 Å². The highest BCUT2D eigenvalue weighted by atomic mass is 16.5. The fourth-order valence-electron chi connectivity index (χ4n) is 2.44. The number of rotatable bonds is 2. The van der Waals surface area contributed by atoms with Gasteiger partial charge >= 0.3 is 5.97 Å². The molecule has 3 nitrogen and oxygen atoms in total. The van der Waals surface area contributed by atoms with Gasteiger partial charge in [-0.05, 0) is 50.8 Å². The number of carbonyl (C=O) groups excluding carboxylic acids is 1. The molecule has 0 saturated heterocycles. The molecule has 0 unspecified atom stereocenters. The van der Waals surface area contributed by atoms with Gasteiger partial charge in [-0.1, -0.05) is 12.2 Å². The normalized spacial score (nSPS) is 13.5. The van der Waals surface area contributed by atoms with E-state index in [4.69, 9.17) is 9.47 Å². The fourth-order valence-corrected chi connectivity index (χ4v) is 2.44. The van der Waals surface area contributed by atoms with Crippen LogP contribution in [0.4, 0.5) is 0 Å². The minimum atomic E-state index is -0.291. The summed E-state index contributed by atoms with van der Waals surface area (Å²) in [4.78, 5) is 12.2. The van der Waals surface area contributed by atoms with E-state index in [-0.39, 0.29) is 5.97 Å². The van der Waals surface area contributed by atoms with Gasteiger partial charge in [0.2, 0.25) is 0 Å². The Bertz CT molecular complexity index is 542. The largest absolute Gasteiger partial charge is 0.488 e. The second-order valence-corrected chi connectivity index (χ2v) is 4.76. The second-order valence-electron chi connectivity index (χ2n) is 4.76. The van der Waals surface area contributed by atoms with Gasteiger partial charge in [0.05, 0.1) is 6.61 Å². The van der Waals surface area contributed by atoms with E-state index in [1.807, 2.05) is 26.8 Å². The van der Waals surface area contributed by atoms with Gasteiger partial charge in [-0.2, -0.15) is 0 Å². The summed E-state index contributed by atoms with van der Waals surface area (Å²) < 4.78 is 10.9. The van der Waals surface area contributed by atoms with Crippen molar-refractivity contribution in [2.45, 2.75) is 34.1 Å². The zero-order valence-corrected chi connectivity index (χ0v) is 12.0. The molecule has 0 saturated carbocycles. The van der Waals surface area contributed by atoms with Crippen LogP contribution in [0.3, 0.4) is 0 Å². The Morgan fingerprint density at radius 3 is 2.63 bits per heavy atom. The third-order valence-corrected chi connectivity index (χ3v) is 3.75. The van der Waals surface area contributed by atoms with Crippen molar-refractivity contribution in [3.63, 3.8) is 0 Å². The molecule has 1 aromatic carbocycles. The lowest BCUT2D eigenvalue weighted by molar-refractivity contribution is 0.0521. The van der Waals surface area contributed by atoms with Crippen LogP contribution in [0.1, 0.15) is 39.5 Å². The fraction of sp³-hybridized carbons (Fsp3) is 0.438. The number of fused-ring (bicyclic) bond motifs is 1. The molecule has 2 rings (SSSR count). The maximum absolute atomic E-state index is 12.2. The van der Waals surface area contributed by atoms with Crippen molar-refractivity contribution in [2.75, 3.05) is 13.2 Å². The number of carbonyl (C=O) groups is 1. The lowest BCUT2D eigenvalue weighted by atomic mass is 9.91. The topological polar surface area (TPSA) is 35.5 Å². The van der Waals surface area contributed by atoms with E-state index in [9.17, 15) is 4.79 Å². The summed E-state index contributed by atoms with van der Waals surface area (Å²) in [7, 11) is 0. The number of allylic oxidation sites excluding steroid dienone is 1. The van der Waals surface area contributed by atoms with Gasteiger partial charge in [0.1, 0.15) is 17.9 Å². The average Bonchev–Trinajstić information content (AvgIpc) is 2.62. The molecule has 0 N–H and O–H groups in total. The first-order valence-corrected chi connectivity index (χ1v) is 6.65. The van der Waals surface area contributed by atoms with Crippen LogP contribution >= 0.6 is 0 Å². The van der Waals surface area contributed by atoms with Crippen LogP contribution in [0.15, 0.2) is 12.2 Å². The maximum atomic E-state index is 12.2. The third-order valence-electron chi connectivity index (χ3n) is 3.75. The van der Waals surface area contributed by atoms with Crippen LogP contribution < -0.4 is 4.74 Å². The Morgan fingerprint density at radius 2 is 1.95 bits per heavy atom. The highest BCUT2D eigenvalue weighted by Gasteiger charge is 2.24. The highest BCUT2D eigenvalue weighted by molar-refractivity contribution is 5.95. The smallest absolute Gasteiger partial charge is 0.342 e. The maximum Gasteiger partial charge on any atom is 0.342 e. The molecule has 19 heavy (non-hydrogen) atoms. The molecule has 0 spiro atoms. The molecule has 0 amide bonds. The van der Waals surface area contributed by atoms with E-state index in [1.54, 1.807) is 0 Å². The molecule has 1 heterocycles. The van der Waals surface area contributed by atoms with E-state index in [1.165, 1.54) is 5.56 Å². The summed E-state index contributed by atoms with van der Waals surface area (Å²) in [5.74, 6) is 0.408. The zero-order valence-electron chi connectivity index (χ0n) is 12.0. The number of hydrogen-bond acceptors (Lipinski definition) is 3. The first-order chi connectivity index (χ1) is 9.07. The summed E-state index contributed by atoms with van der Waals surface area (Å²) in [5, 5.41) is 0. The molecular weight excluding hydrogens is 240 g/mol. The number of benzene rings is 1. The van der Waals surface area contributed by atoms with Crippen molar-refractivity contribution in [3.05, 3.63) is 40.0 Å². The minimum absolute atomic E-state index is 0.291. The predicted octanol–water partition coefficient (Wildman–Crippen LogP) is 3.28. The van der Waals surface area contributed by atoms with Crippen LogP contribution in [0, 0.1) is 20.8 Å². The van der Waals surface area contributed by atoms with Gasteiger partial charge in [0.25, 0.3) is 0 Å². The van der Waals surface area contributed by atoms with Crippen molar-refractivity contribution in [2.24, 2.45) is 0 Å². The van der Waals surface area contributed by atoms with E-state index < -0.39 is 0 Å². The average molecular weight is 260 g/mol. The van der Waals surface area contributed by atoms with Crippen molar-refractivity contribution < 1.29 is 14.3 Å². The Morgan fingerprint density at radius 1 is 1.21 bits per heavy atom. The first kappa shape index (κ1) is 13.7. The Balaban J connectivity index is 2.66. The molecule has 1 aliphatic heterocycles. The number of hydrogen-bond donors (Lipinski definition) is 0. The highest BCUT2D eigenvalue weighted by Crippen LogP contribution is 2.35. The van der Waals surface area contributed by atoms with Gasteiger partial charge in [0.15, 0.2) is 0 Å². The van der Waals surface area contributed by atoms with Gasteiger partial charge in [0, 0.05) is 5.56 Å². The second kappa shape index (κ2) is 5.47. The van der Waals surface area contributed by atoms with Crippen LogP contribution in [-0.2, 0) is 11.2 Å². The minimum Gasteiger partial charge on any atom is -0.488 e. The van der Waals surface area contributed by atoms with E-state index in [0.29, 0.717) is 24.5 Å². The number of ether oxygens (including phenoxy) is 2. The third kappa shape index (κ3) is 2.37. The Kier molecular flexibility index (Phi) is 3.93. The molecule has 0 atom stereocenters. The monoisotopic (exact) mass is 260 g/mol. The van der Waals surface area contributed by atoms with Gasteiger partial charge in [-0.25, -0.2) is 4.79 Å². The van der Waals surface area contributed by atoms with Crippen LogP contribution in [0.5, 0.6) is 5.75 Å². The molecule has 3 heteroatoms. The van der Waals surface area contributed by atoms with E-state index >= 15 is 0 Å². The van der Waals surface area contributed by atoms with E-state index in [2.05, 4.69) is 13.0 Å². The standard InChI is InChI=1S/C16H20O3/c1-5-18-16(17)14-12(4)10(2)11(3)13-8-6-7-9-19-15(13)14/h6-7H,5,8-9H2,1-4H3. The van der Waals surface area contributed by atoms with Crippen molar-refractivity contribution in [3.8, 4) is 5.75 Å². The lowest BCUT2D eigenvalue weighted by Gasteiger charge is -2.19. The molecule has 0 bridgehead atoms. The summed E-state index contributed by atoms with van der Waals surface area (Å²) in [6.07, 6.45) is 4.87. The SMILES string of the molecule is CCOC(=O)c1c(C)c(C)c(C)c2c1OCC=CC2. The van der Waals surface area contributed by atoms with Gasteiger partial charge in [-0.3, -0.25) is 0 Å². The van der Waals surface area contributed by atoms with Crippen LogP contribution in [0.2, 0.25) is 0 Å². The molecule has 0 aromatic heterocycles. The van der Waals surface area contributed by atoms with Crippen LogP contribution in [0.25, 0.3) is 0 Å². The molecule has 1 aliphatic rings.